The van der Waals surface area contributed by atoms with Crippen molar-refractivity contribution in [2.24, 2.45) is 0 Å². The van der Waals surface area contributed by atoms with E-state index < -0.39 is 5.97 Å². The van der Waals surface area contributed by atoms with Gasteiger partial charge in [-0.3, -0.25) is 0 Å². The van der Waals surface area contributed by atoms with Crippen molar-refractivity contribution in [1.29, 1.82) is 0 Å². The largest absolute Gasteiger partial charge is 0.469 e. The standard InChI is InChI=1S/C21H22N4O4/c1-2-28-20(26)18-9-11-25(24-18)15-6-3-5-14(13-15)22-21(27)23-17-7-4-8-19-16(17)10-12-29-19/h3,5-6,9-13,17H,2,4,7-8H2,1H3,(H2,22,23,27). The number of nitrogens with zero attached hydrogens (tertiary/aromatic N) is 2. The maximum Gasteiger partial charge on any atom is 0.358 e. The summed E-state index contributed by atoms with van der Waals surface area (Å²) in [6, 6.07) is 10.4. The van der Waals surface area contributed by atoms with Gasteiger partial charge in [0.1, 0.15) is 5.76 Å². The van der Waals surface area contributed by atoms with E-state index in [0.29, 0.717) is 18.0 Å². The Labute approximate surface area is 167 Å². The summed E-state index contributed by atoms with van der Waals surface area (Å²) in [5, 5.41) is 10.1. The van der Waals surface area contributed by atoms with Gasteiger partial charge >= 0.3 is 12.0 Å². The third-order valence-corrected chi connectivity index (χ3v) is 4.80. The second kappa shape index (κ2) is 8.22. The highest BCUT2D eigenvalue weighted by Crippen LogP contribution is 2.30. The van der Waals surface area contributed by atoms with Crippen LogP contribution >= 0.6 is 0 Å². The molecule has 1 atom stereocenters. The number of hydrogen-bond acceptors (Lipinski definition) is 5. The Kier molecular flexibility index (Phi) is 5.33. The second-order valence-corrected chi connectivity index (χ2v) is 6.76. The van der Waals surface area contributed by atoms with Crippen LogP contribution in [0.15, 0.2) is 53.3 Å². The number of aryl methyl sites for hydroxylation is 1. The second-order valence-electron chi connectivity index (χ2n) is 6.76. The predicted octanol–water partition coefficient (Wildman–Crippen LogP) is 3.84. The number of esters is 1. The van der Waals surface area contributed by atoms with Gasteiger partial charge in [0.05, 0.1) is 24.6 Å². The van der Waals surface area contributed by atoms with Crippen molar-refractivity contribution in [1.82, 2.24) is 15.1 Å². The fourth-order valence-electron chi connectivity index (χ4n) is 3.47. The molecule has 0 saturated heterocycles. The predicted molar refractivity (Wildman–Crippen MR) is 106 cm³/mol. The fraction of sp³-hybridized carbons (Fsp3) is 0.286. The zero-order valence-corrected chi connectivity index (χ0v) is 16.1. The van der Waals surface area contributed by atoms with Gasteiger partial charge in [0, 0.05) is 23.9 Å². The van der Waals surface area contributed by atoms with Crippen LogP contribution in [0.2, 0.25) is 0 Å². The van der Waals surface area contributed by atoms with Gasteiger partial charge in [-0.1, -0.05) is 6.07 Å². The first-order valence-electron chi connectivity index (χ1n) is 9.61. The maximum atomic E-state index is 12.5. The quantitative estimate of drug-likeness (QED) is 0.641. The maximum absolute atomic E-state index is 12.5. The van der Waals surface area contributed by atoms with Crippen LogP contribution < -0.4 is 10.6 Å². The Bertz CT molecular complexity index is 1020. The van der Waals surface area contributed by atoms with Gasteiger partial charge in [-0.15, -0.1) is 0 Å². The fourth-order valence-corrected chi connectivity index (χ4v) is 3.47. The number of urea groups is 1. The summed E-state index contributed by atoms with van der Waals surface area (Å²) in [6.07, 6.45) is 6.10. The summed E-state index contributed by atoms with van der Waals surface area (Å²) in [4.78, 5) is 24.3. The molecule has 1 unspecified atom stereocenters. The molecule has 1 aliphatic rings. The molecule has 0 fully saturated rings. The van der Waals surface area contributed by atoms with E-state index in [2.05, 4.69) is 15.7 Å². The molecular formula is C21H22N4O4. The lowest BCUT2D eigenvalue weighted by molar-refractivity contribution is 0.0519. The lowest BCUT2D eigenvalue weighted by Gasteiger charge is -2.23. The molecular weight excluding hydrogens is 372 g/mol. The smallest absolute Gasteiger partial charge is 0.358 e. The number of aromatic nitrogens is 2. The highest BCUT2D eigenvalue weighted by Gasteiger charge is 2.24. The monoisotopic (exact) mass is 394 g/mol. The Morgan fingerprint density at radius 2 is 2.21 bits per heavy atom. The minimum Gasteiger partial charge on any atom is -0.469 e. The molecule has 2 heterocycles. The third-order valence-electron chi connectivity index (χ3n) is 4.80. The number of furan rings is 1. The van der Waals surface area contributed by atoms with Gasteiger partial charge in [0.25, 0.3) is 0 Å². The van der Waals surface area contributed by atoms with Crippen molar-refractivity contribution < 1.29 is 18.7 Å². The molecule has 29 heavy (non-hydrogen) atoms. The Hall–Kier alpha value is -3.55. The van der Waals surface area contributed by atoms with E-state index in [9.17, 15) is 9.59 Å². The minimum absolute atomic E-state index is 0.0565. The molecule has 1 aromatic carbocycles. The SMILES string of the molecule is CCOC(=O)c1ccn(-c2cccc(NC(=O)NC3CCCc4occc43)c2)n1. The van der Waals surface area contributed by atoms with Crippen LogP contribution in [0.3, 0.4) is 0 Å². The van der Waals surface area contributed by atoms with E-state index in [1.807, 2.05) is 18.2 Å². The molecule has 0 saturated carbocycles. The van der Waals surface area contributed by atoms with Gasteiger partial charge < -0.3 is 19.8 Å². The van der Waals surface area contributed by atoms with Crippen LogP contribution in [0, 0.1) is 0 Å². The zero-order chi connectivity index (χ0) is 20.2. The number of rotatable bonds is 5. The van der Waals surface area contributed by atoms with Gasteiger partial charge in [-0.2, -0.15) is 5.10 Å². The van der Waals surface area contributed by atoms with E-state index in [4.69, 9.17) is 9.15 Å². The first-order chi connectivity index (χ1) is 14.1. The van der Waals surface area contributed by atoms with E-state index in [0.717, 1.165) is 30.6 Å². The van der Waals surface area contributed by atoms with Crippen molar-refractivity contribution in [3.05, 3.63) is 65.9 Å². The molecule has 0 bridgehead atoms. The van der Waals surface area contributed by atoms with Gasteiger partial charge in [-0.25, -0.2) is 14.3 Å². The summed E-state index contributed by atoms with van der Waals surface area (Å²) >= 11 is 0. The molecule has 8 heteroatoms. The number of hydrogen-bond donors (Lipinski definition) is 2. The summed E-state index contributed by atoms with van der Waals surface area (Å²) in [5.41, 5.74) is 2.61. The molecule has 0 spiro atoms. The molecule has 2 aromatic heterocycles. The highest BCUT2D eigenvalue weighted by molar-refractivity contribution is 5.90. The lowest BCUT2D eigenvalue weighted by atomic mass is 9.93. The number of nitrogens with one attached hydrogen (secondary N) is 2. The molecule has 1 aliphatic carbocycles. The van der Waals surface area contributed by atoms with Crippen LogP contribution in [0.5, 0.6) is 0 Å². The molecule has 4 rings (SSSR count). The molecule has 3 aromatic rings. The van der Waals surface area contributed by atoms with Crippen molar-refractivity contribution in [2.45, 2.75) is 32.2 Å². The van der Waals surface area contributed by atoms with E-state index >= 15 is 0 Å². The Morgan fingerprint density at radius 1 is 1.31 bits per heavy atom. The van der Waals surface area contributed by atoms with E-state index in [-0.39, 0.29) is 17.8 Å². The number of benzene rings is 1. The molecule has 0 aliphatic heterocycles. The molecule has 2 amide bonds. The summed E-state index contributed by atoms with van der Waals surface area (Å²) in [6.45, 7) is 2.04. The molecule has 8 nitrogen and oxygen atoms in total. The Morgan fingerprint density at radius 3 is 3.07 bits per heavy atom. The van der Waals surface area contributed by atoms with Crippen LogP contribution in [-0.4, -0.2) is 28.4 Å². The van der Waals surface area contributed by atoms with Crippen molar-refractivity contribution >= 4 is 17.7 Å². The van der Waals surface area contributed by atoms with Gasteiger partial charge in [0.15, 0.2) is 5.69 Å². The number of fused-ring (bicyclic) bond motifs is 1. The third kappa shape index (κ3) is 4.16. The van der Waals surface area contributed by atoms with Gasteiger partial charge in [-0.05, 0) is 50.1 Å². The number of amides is 2. The molecule has 0 radical (unpaired) electrons. The number of carbonyl (C=O) groups excluding carboxylic acids is 2. The van der Waals surface area contributed by atoms with Crippen LogP contribution in [0.25, 0.3) is 5.69 Å². The highest BCUT2D eigenvalue weighted by atomic mass is 16.5. The lowest BCUT2D eigenvalue weighted by Crippen LogP contribution is -2.34. The van der Waals surface area contributed by atoms with Crippen molar-refractivity contribution in [3.63, 3.8) is 0 Å². The normalized spacial score (nSPS) is 15.4. The van der Waals surface area contributed by atoms with Crippen LogP contribution in [0.4, 0.5) is 10.5 Å². The van der Waals surface area contributed by atoms with Crippen LogP contribution in [0.1, 0.15) is 47.6 Å². The number of ether oxygens (including phenoxy) is 1. The summed E-state index contributed by atoms with van der Waals surface area (Å²) in [5.74, 6) is 0.477. The van der Waals surface area contributed by atoms with E-state index in [1.54, 1.807) is 42.3 Å². The first-order valence-corrected chi connectivity index (χ1v) is 9.61. The average Bonchev–Trinajstić information content (AvgIpc) is 3.39. The average molecular weight is 394 g/mol. The minimum atomic E-state index is -0.467. The number of anilines is 1. The van der Waals surface area contributed by atoms with Crippen LogP contribution in [-0.2, 0) is 11.2 Å². The topological polar surface area (TPSA) is 98.4 Å². The first kappa shape index (κ1) is 18.8. The van der Waals surface area contributed by atoms with Crippen molar-refractivity contribution in [2.75, 3.05) is 11.9 Å². The Balaban J connectivity index is 1.43. The summed E-state index contributed by atoms with van der Waals surface area (Å²) in [7, 11) is 0. The zero-order valence-electron chi connectivity index (χ0n) is 16.1. The molecule has 2 N–H and O–H groups in total. The van der Waals surface area contributed by atoms with E-state index in [1.165, 1.54) is 0 Å². The summed E-state index contributed by atoms with van der Waals surface area (Å²) < 4.78 is 12.0. The van der Waals surface area contributed by atoms with Gasteiger partial charge in [0.2, 0.25) is 0 Å². The molecule has 150 valence electrons. The number of carbonyl (C=O) groups is 2. The van der Waals surface area contributed by atoms with Crippen molar-refractivity contribution in [3.8, 4) is 5.69 Å².